The average molecular weight is 222 g/mol. The zero-order valence-electron chi connectivity index (χ0n) is 9.24. The van der Waals surface area contributed by atoms with Crippen LogP contribution in [0.3, 0.4) is 0 Å². The van der Waals surface area contributed by atoms with Crippen LogP contribution in [-0.4, -0.2) is 25.5 Å². The second-order valence-corrected chi connectivity index (χ2v) is 3.35. The van der Waals surface area contributed by atoms with E-state index in [0.717, 1.165) is 5.56 Å². The van der Waals surface area contributed by atoms with Crippen molar-refractivity contribution in [3.63, 3.8) is 0 Å². The first-order valence-electron chi connectivity index (χ1n) is 4.75. The van der Waals surface area contributed by atoms with Gasteiger partial charge in [-0.1, -0.05) is 11.6 Å². The van der Waals surface area contributed by atoms with Crippen LogP contribution in [0.2, 0.25) is 0 Å². The van der Waals surface area contributed by atoms with Gasteiger partial charge in [0.05, 0.1) is 12.7 Å². The molecular formula is C11H14N2O3. The maximum Gasteiger partial charge on any atom is 0.325 e. The summed E-state index contributed by atoms with van der Waals surface area (Å²) >= 11 is 0. The fourth-order valence-corrected chi connectivity index (χ4v) is 1.19. The third-order valence-electron chi connectivity index (χ3n) is 2.07. The van der Waals surface area contributed by atoms with Gasteiger partial charge in [0.25, 0.3) is 5.91 Å². The molecule has 0 heterocycles. The van der Waals surface area contributed by atoms with E-state index < -0.39 is 5.97 Å². The van der Waals surface area contributed by atoms with Crippen LogP contribution < -0.4 is 11.1 Å². The minimum Gasteiger partial charge on any atom is -0.468 e. The highest BCUT2D eigenvalue weighted by Gasteiger charge is 2.11. The molecule has 0 bridgehead atoms. The van der Waals surface area contributed by atoms with Gasteiger partial charge in [0.2, 0.25) is 0 Å². The third-order valence-corrected chi connectivity index (χ3v) is 2.07. The molecule has 0 aliphatic heterocycles. The van der Waals surface area contributed by atoms with Crippen LogP contribution in [0.5, 0.6) is 0 Å². The number of aryl methyl sites for hydroxylation is 1. The van der Waals surface area contributed by atoms with Gasteiger partial charge < -0.3 is 15.8 Å². The van der Waals surface area contributed by atoms with Crippen LogP contribution in [0.1, 0.15) is 15.9 Å². The van der Waals surface area contributed by atoms with Crippen LogP contribution in [0.25, 0.3) is 0 Å². The Kier molecular flexibility index (Phi) is 3.88. The lowest BCUT2D eigenvalue weighted by molar-refractivity contribution is -0.139. The molecule has 0 saturated carbocycles. The van der Waals surface area contributed by atoms with Crippen molar-refractivity contribution >= 4 is 17.6 Å². The molecule has 0 spiro atoms. The molecule has 0 atom stereocenters. The number of nitrogens with two attached hydrogens (primary N) is 1. The monoisotopic (exact) mass is 222 g/mol. The third kappa shape index (κ3) is 2.98. The van der Waals surface area contributed by atoms with Gasteiger partial charge in [-0.25, -0.2) is 0 Å². The number of nitrogen functional groups attached to an aromatic ring is 1. The number of carbonyl (C=O) groups excluding carboxylic acids is 2. The van der Waals surface area contributed by atoms with E-state index in [1.807, 2.05) is 13.0 Å². The lowest BCUT2D eigenvalue weighted by Gasteiger charge is -2.07. The van der Waals surface area contributed by atoms with Crippen molar-refractivity contribution in [1.29, 1.82) is 0 Å². The number of hydrogen-bond acceptors (Lipinski definition) is 4. The fraction of sp³-hybridized carbons (Fsp3) is 0.273. The highest BCUT2D eigenvalue weighted by molar-refractivity contribution is 6.00. The topological polar surface area (TPSA) is 81.4 Å². The van der Waals surface area contributed by atoms with Crippen LogP contribution in [0, 0.1) is 6.92 Å². The van der Waals surface area contributed by atoms with Gasteiger partial charge in [0.15, 0.2) is 0 Å². The van der Waals surface area contributed by atoms with E-state index in [0.29, 0.717) is 11.3 Å². The Bertz CT molecular complexity index is 416. The van der Waals surface area contributed by atoms with E-state index in [1.54, 1.807) is 12.1 Å². The van der Waals surface area contributed by atoms with Crippen LogP contribution in [-0.2, 0) is 9.53 Å². The average Bonchev–Trinajstić information content (AvgIpc) is 2.28. The number of ether oxygens (including phenoxy) is 1. The van der Waals surface area contributed by atoms with E-state index in [9.17, 15) is 9.59 Å². The Hall–Kier alpha value is -2.04. The summed E-state index contributed by atoms with van der Waals surface area (Å²) in [4.78, 5) is 22.5. The van der Waals surface area contributed by atoms with Gasteiger partial charge in [-0.2, -0.15) is 0 Å². The number of anilines is 1. The van der Waals surface area contributed by atoms with Crippen LogP contribution in [0.15, 0.2) is 18.2 Å². The summed E-state index contributed by atoms with van der Waals surface area (Å²) in [5, 5.41) is 2.42. The molecule has 1 rings (SSSR count). The number of methoxy groups -OCH3 is 1. The maximum atomic E-state index is 11.6. The molecule has 0 unspecified atom stereocenters. The van der Waals surface area contributed by atoms with E-state index >= 15 is 0 Å². The summed E-state index contributed by atoms with van der Waals surface area (Å²) in [5.74, 6) is -0.883. The summed E-state index contributed by atoms with van der Waals surface area (Å²) in [6.45, 7) is 1.69. The molecule has 1 amide bonds. The smallest absolute Gasteiger partial charge is 0.325 e. The Morgan fingerprint density at radius 3 is 2.75 bits per heavy atom. The Labute approximate surface area is 93.6 Å². The highest BCUT2D eigenvalue weighted by atomic mass is 16.5. The summed E-state index contributed by atoms with van der Waals surface area (Å²) in [6.07, 6.45) is 0. The second kappa shape index (κ2) is 5.16. The number of benzene rings is 1. The largest absolute Gasteiger partial charge is 0.468 e. The predicted octanol–water partition coefficient (Wildman–Crippen LogP) is 0.480. The number of nitrogens with one attached hydrogen (secondary N) is 1. The number of carbonyl (C=O) groups is 2. The van der Waals surface area contributed by atoms with Gasteiger partial charge in [-0.05, 0) is 19.1 Å². The number of rotatable bonds is 3. The van der Waals surface area contributed by atoms with Gasteiger partial charge >= 0.3 is 5.97 Å². The molecular weight excluding hydrogens is 208 g/mol. The first kappa shape index (κ1) is 12.0. The second-order valence-electron chi connectivity index (χ2n) is 3.35. The van der Waals surface area contributed by atoms with Crippen molar-refractivity contribution in [2.75, 3.05) is 19.4 Å². The van der Waals surface area contributed by atoms with Gasteiger partial charge in [0.1, 0.15) is 6.54 Å². The molecule has 16 heavy (non-hydrogen) atoms. The van der Waals surface area contributed by atoms with Crippen molar-refractivity contribution in [1.82, 2.24) is 5.32 Å². The molecule has 3 N–H and O–H groups in total. The van der Waals surface area contributed by atoms with Gasteiger partial charge in [-0.15, -0.1) is 0 Å². The number of amides is 1. The van der Waals surface area contributed by atoms with E-state index in [1.165, 1.54) is 7.11 Å². The van der Waals surface area contributed by atoms with Crippen molar-refractivity contribution in [3.8, 4) is 0 Å². The number of esters is 1. The quantitative estimate of drug-likeness (QED) is 0.575. The van der Waals surface area contributed by atoms with Crippen molar-refractivity contribution in [2.24, 2.45) is 0 Å². The minimum absolute atomic E-state index is 0.164. The van der Waals surface area contributed by atoms with Crippen LogP contribution in [0.4, 0.5) is 5.69 Å². The summed E-state index contributed by atoms with van der Waals surface area (Å²) < 4.78 is 4.41. The SMILES string of the molecule is COC(=O)CNC(=O)c1cc(C)ccc1N. The normalized spacial score (nSPS) is 9.62. The van der Waals surface area contributed by atoms with E-state index in [4.69, 9.17) is 5.73 Å². The molecule has 0 saturated heterocycles. The maximum absolute atomic E-state index is 11.6. The summed E-state index contributed by atoms with van der Waals surface area (Å²) in [6, 6.07) is 5.14. The summed E-state index contributed by atoms with van der Waals surface area (Å²) in [5.41, 5.74) is 7.33. The summed E-state index contributed by atoms with van der Waals surface area (Å²) in [7, 11) is 1.26. The lowest BCUT2D eigenvalue weighted by atomic mass is 10.1. The van der Waals surface area contributed by atoms with Gasteiger partial charge in [0, 0.05) is 5.69 Å². The number of hydrogen-bond donors (Lipinski definition) is 2. The fourth-order valence-electron chi connectivity index (χ4n) is 1.19. The van der Waals surface area contributed by atoms with E-state index in [-0.39, 0.29) is 12.5 Å². The Balaban J connectivity index is 2.73. The van der Waals surface area contributed by atoms with Crippen molar-refractivity contribution in [2.45, 2.75) is 6.92 Å². The minimum atomic E-state index is -0.500. The first-order chi connectivity index (χ1) is 7.54. The molecule has 86 valence electrons. The molecule has 1 aromatic carbocycles. The zero-order chi connectivity index (χ0) is 12.1. The standard InChI is InChI=1S/C11H14N2O3/c1-7-3-4-9(12)8(5-7)11(15)13-6-10(14)16-2/h3-5H,6,12H2,1-2H3,(H,13,15). The Morgan fingerprint density at radius 2 is 2.12 bits per heavy atom. The van der Waals surface area contributed by atoms with Crippen molar-refractivity contribution in [3.05, 3.63) is 29.3 Å². The molecule has 0 aromatic heterocycles. The highest BCUT2D eigenvalue weighted by Crippen LogP contribution is 2.13. The van der Waals surface area contributed by atoms with E-state index in [2.05, 4.69) is 10.1 Å². The molecule has 1 aromatic rings. The molecule has 5 heteroatoms. The first-order valence-corrected chi connectivity index (χ1v) is 4.75. The predicted molar refractivity (Wildman–Crippen MR) is 59.9 cm³/mol. The molecule has 0 radical (unpaired) electrons. The lowest BCUT2D eigenvalue weighted by Crippen LogP contribution is -2.30. The van der Waals surface area contributed by atoms with Crippen molar-refractivity contribution < 1.29 is 14.3 Å². The van der Waals surface area contributed by atoms with Gasteiger partial charge in [-0.3, -0.25) is 9.59 Å². The molecule has 0 fully saturated rings. The zero-order valence-corrected chi connectivity index (χ0v) is 9.24. The molecule has 0 aliphatic carbocycles. The molecule has 0 aliphatic rings. The van der Waals surface area contributed by atoms with Crippen LogP contribution >= 0.6 is 0 Å². The Morgan fingerprint density at radius 1 is 1.44 bits per heavy atom. The molecule has 5 nitrogen and oxygen atoms in total.